The fourth-order valence-electron chi connectivity index (χ4n) is 1.77. The molecule has 0 bridgehead atoms. The maximum Gasteiger partial charge on any atom is 0.193 e. The molecular weight excluding hydrogens is 273 g/mol. The number of nitrogens with zero attached hydrogens (tertiary/aromatic N) is 2. The maximum absolute atomic E-state index is 13.4. The average Bonchev–Trinajstić information content (AvgIpc) is 2.46. The zero-order chi connectivity index (χ0) is 14.8. The van der Waals surface area contributed by atoms with Gasteiger partial charge in [0.2, 0.25) is 0 Å². The third-order valence-electron chi connectivity index (χ3n) is 2.90. The summed E-state index contributed by atoms with van der Waals surface area (Å²) in [5, 5.41) is 3.30. The van der Waals surface area contributed by atoms with E-state index in [1.165, 1.54) is 24.2 Å². The number of unbranched alkanes of at least 4 members (excludes halogenated alkanes) is 1. The second-order valence-electron chi connectivity index (χ2n) is 4.53. The van der Waals surface area contributed by atoms with Crippen LogP contribution in [0.1, 0.15) is 19.8 Å². The van der Waals surface area contributed by atoms with Gasteiger partial charge in [0.15, 0.2) is 5.96 Å². The van der Waals surface area contributed by atoms with Gasteiger partial charge in [0, 0.05) is 37.8 Å². The van der Waals surface area contributed by atoms with E-state index in [0.717, 1.165) is 31.2 Å². The topological polar surface area (TPSA) is 27.6 Å². The second kappa shape index (κ2) is 9.64. The van der Waals surface area contributed by atoms with E-state index in [1.807, 2.05) is 19.2 Å². The first kappa shape index (κ1) is 16.8. The Balaban J connectivity index is 2.30. The molecule has 1 N–H and O–H groups in total. The van der Waals surface area contributed by atoms with E-state index < -0.39 is 0 Å². The standard InChI is InChI=1S/C15H24FN3S/c1-4-5-11-19(3)15(17-2)18-10-12-20-14-9-7-6-8-13(14)16/h6-9H,4-5,10-12H2,1-3H3,(H,17,18). The third kappa shape index (κ3) is 5.82. The Kier molecular flexibility index (Phi) is 8.11. The van der Waals surface area contributed by atoms with Crippen LogP contribution in [0.4, 0.5) is 4.39 Å². The zero-order valence-electron chi connectivity index (χ0n) is 12.5. The largest absolute Gasteiger partial charge is 0.355 e. The van der Waals surface area contributed by atoms with Gasteiger partial charge in [-0.2, -0.15) is 0 Å². The van der Waals surface area contributed by atoms with E-state index in [2.05, 4.69) is 22.1 Å². The molecule has 3 nitrogen and oxygen atoms in total. The van der Waals surface area contributed by atoms with Crippen LogP contribution in [0.5, 0.6) is 0 Å². The van der Waals surface area contributed by atoms with Crippen molar-refractivity contribution < 1.29 is 4.39 Å². The van der Waals surface area contributed by atoms with Gasteiger partial charge in [-0.25, -0.2) is 4.39 Å². The Hall–Kier alpha value is -1.23. The maximum atomic E-state index is 13.4. The summed E-state index contributed by atoms with van der Waals surface area (Å²) in [5.74, 6) is 1.55. The molecule has 0 unspecified atom stereocenters. The van der Waals surface area contributed by atoms with Crippen LogP contribution in [0.25, 0.3) is 0 Å². The van der Waals surface area contributed by atoms with E-state index in [0.29, 0.717) is 4.90 Å². The molecule has 1 aromatic rings. The van der Waals surface area contributed by atoms with Crippen LogP contribution >= 0.6 is 11.8 Å². The van der Waals surface area contributed by atoms with Crippen LogP contribution in [0.15, 0.2) is 34.2 Å². The minimum atomic E-state index is -0.151. The van der Waals surface area contributed by atoms with Crippen molar-refractivity contribution in [3.63, 3.8) is 0 Å². The molecule has 0 aliphatic heterocycles. The summed E-state index contributed by atoms with van der Waals surface area (Å²) in [5.41, 5.74) is 0. The summed E-state index contributed by atoms with van der Waals surface area (Å²) in [6.45, 7) is 3.94. The molecule has 0 heterocycles. The van der Waals surface area contributed by atoms with Gasteiger partial charge in [-0.15, -0.1) is 11.8 Å². The van der Waals surface area contributed by atoms with Gasteiger partial charge >= 0.3 is 0 Å². The summed E-state index contributed by atoms with van der Waals surface area (Å²) >= 11 is 1.52. The van der Waals surface area contributed by atoms with Crippen molar-refractivity contribution in [1.29, 1.82) is 0 Å². The smallest absolute Gasteiger partial charge is 0.193 e. The number of halogens is 1. The normalized spacial score (nSPS) is 11.5. The fourth-order valence-corrected chi connectivity index (χ4v) is 2.58. The molecule has 0 spiro atoms. The van der Waals surface area contributed by atoms with E-state index in [4.69, 9.17) is 0 Å². The molecule has 0 aliphatic rings. The molecule has 1 rings (SSSR count). The van der Waals surface area contributed by atoms with E-state index in [9.17, 15) is 4.39 Å². The Labute approximate surface area is 125 Å². The molecule has 0 atom stereocenters. The quantitative estimate of drug-likeness (QED) is 0.362. The number of nitrogens with one attached hydrogen (secondary N) is 1. The lowest BCUT2D eigenvalue weighted by Crippen LogP contribution is -2.40. The molecule has 0 saturated heterocycles. The molecule has 5 heteroatoms. The Morgan fingerprint density at radius 3 is 2.80 bits per heavy atom. The van der Waals surface area contributed by atoms with Crippen molar-refractivity contribution in [1.82, 2.24) is 10.2 Å². The minimum absolute atomic E-state index is 0.151. The SMILES string of the molecule is CCCCN(C)C(=NC)NCCSc1ccccc1F. The van der Waals surface area contributed by atoms with E-state index in [-0.39, 0.29) is 5.82 Å². The zero-order valence-corrected chi connectivity index (χ0v) is 13.3. The Bertz CT molecular complexity index is 423. The van der Waals surface area contributed by atoms with Crippen LogP contribution < -0.4 is 5.32 Å². The first-order chi connectivity index (χ1) is 9.69. The summed E-state index contributed by atoms with van der Waals surface area (Å²) in [6.07, 6.45) is 2.33. The summed E-state index contributed by atoms with van der Waals surface area (Å²) in [4.78, 5) is 7.07. The lowest BCUT2D eigenvalue weighted by atomic mass is 10.3. The van der Waals surface area contributed by atoms with Crippen molar-refractivity contribution >= 4 is 17.7 Å². The van der Waals surface area contributed by atoms with Crippen molar-refractivity contribution in [3.8, 4) is 0 Å². The molecule has 0 aromatic heterocycles. The highest BCUT2D eigenvalue weighted by molar-refractivity contribution is 7.99. The Morgan fingerprint density at radius 1 is 1.40 bits per heavy atom. The number of hydrogen-bond donors (Lipinski definition) is 1. The highest BCUT2D eigenvalue weighted by atomic mass is 32.2. The fraction of sp³-hybridized carbons (Fsp3) is 0.533. The van der Waals surface area contributed by atoms with Gasteiger partial charge in [0.05, 0.1) is 0 Å². The Morgan fingerprint density at radius 2 is 2.15 bits per heavy atom. The molecule has 20 heavy (non-hydrogen) atoms. The predicted molar refractivity (Wildman–Crippen MR) is 86.0 cm³/mol. The molecule has 112 valence electrons. The molecule has 0 radical (unpaired) electrons. The highest BCUT2D eigenvalue weighted by Crippen LogP contribution is 2.20. The van der Waals surface area contributed by atoms with Crippen molar-refractivity contribution in [2.75, 3.05) is 32.9 Å². The number of hydrogen-bond acceptors (Lipinski definition) is 2. The summed E-state index contributed by atoms with van der Waals surface area (Å²) in [7, 11) is 3.82. The summed E-state index contributed by atoms with van der Waals surface area (Å²) in [6, 6.07) is 6.87. The van der Waals surface area contributed by atoms with Crippen LogP contribution in [0, 0.1) is 5.82 Å². The summed E-state index contributed by atoms with van der Waals surface area (Å²) < 4.78 is 13.4. The van der Waals surface area contributed by atoms with Crippen molar-refractivity contribution in [3.05, 3.63) is 30.1 Å². The van der Waals surface area contributed by atoms with E-state index in [1.54, 1.807) is 13.1 Å². The second-order valence-corrected chi connectivity index (χ2v) is 5.66. The number of guanidine groups is 1. The molecular formula is C15H24FN3S. The van der Waals surface area contributed by atoms with Crippen molar-refractivity contribution in [2.45, 2.75) is 24.7 Å². The highest BCUT2D eigenvalue weighted by Gasteiger charge is 2.05. The molecule has 0 fully saturated rings. The van der Waals surface area contributed by atoms with Crippen LogP contribution in [-0.2, 0) is 0 Å². The first-order valence-electron chi connectivity index (χ1n) is 6.98. The van der Waals surface area contributed by atoms with Gasteiger partial charge in [-0.1, -0.05) is 25.5 Å². The van der Waals surface area contributed by atoms with Gasteiger partial charge in [-0.3, -0.25) is 4.99 Å². The van der Waals surface area contributed by atoms with Gasteiger partial charge in [0.1, 0.15) is 5.82 Å². The molecule has 1 aromatic carbocycles. The number of benzene rings is 1. The minimum Gasteiger partial charge on any atom is -0.355 e. The number of thioether (sulfide) groups is 1. The van der Waals surface area contributed by atoms with Gasteiger partial charge in [-0.05, 0) is 18.6 Å². The molecule has 0 amide bonds. The van der Waals surface area contributed by atoms with Crippen LogP contribution in [-0.4, -0.2) is 43.8 Å². The average molecular weight is 297 g/mol. The number of rotatable bonds is 7. The third-order valence-corrected chi connectivity index (χ3v) is 3.95. The van der Waals surface area contributed by atoms with Gasteiger partial charge in [0.25, 0.3) is 0 Å². The lowest BCUT2D eigenvalue weighted by molar-refractivity contribution is 0.467. The van der Waals surface area contributed by atoms with E-state index >= 15 is 0 Å². The molecule has 0 saturated carbocycles. The van der Waals surface area contributed by atoms with Crippen LogP contribution in [0.3, 0.4) is 0 Å². The van der Waals surface area contributed by atoms with Crippen molar-refractivity contribution in [2.24, 2.45) is 4.99 Å². The predicted octanol–water partition coefficient (Wildman–Crippen LogP) is 3.23. The monoisotopic (exact) mass is 297 g/mol. The first-order valence-corrected chi connectivity index (χ1v) is 7.96. The number of aliphatic imine (C=N–C) groups is 1. The van der Waals surface area contributed by atoms with Crippen LogP contribution in [0.2, 0.25) is 0 Å². The molecule has 0 aliphatic carbocycles. The lowest BCUT2D eigenvalue weighted by Gasteiger charge is -2.21. The van der Waals surface area contributed by atoms with Gasteiger partial charge < -0.3 is 10.2 Å².